The molecule has 11 nitrogen and oxygen atoms in total. The number of ether oxygens (including phenoxy) is 2. The zero-order valence-electron chi connectivity index (χ0n) is 25.3. The second kappa shape index (κ2) is 15.2. The number of amides is 2. The Balaban J connectivity index is 0.000000240. The number of carbonyl (C=O) groups excluding carboxylic acids is 2. The maximum atomic E-state index is 12.7. The molecule has 0 heterocycles. The predicted molar refractivity (Wildman–Crippen MR) is 168 cm³/mol. The molecule has 2 aromatic carbocycles. The van der Waals surface area contributed by atoms with Gasteiger partial charge in [-0.15, -0.1) is 13.2 Å². The lowest BCUT2D eigenvalue weighted by Crippen LogP contribution is -2.39. The molecule has 13 heteroatoms. The van der Waals surface area contributed by atoms with Crippen LogP contribution < -0.4 is 10.6 Å². The summed E-state index contributed by atoms with van der Waals surface area (Å²) in [5.74, 6) is -0.363. The highest BCUT2D eigenvalue weighted by Crippen LogP contribution is 2.71. The molecule has 2 aliphatic carbocycles. The summed E-state index contributed by atoms with van der Waals surface area (Å²) >= 11 is 0. The Hall–Kier alpha value is -3.20. The van der Waals surface area contributed by atoms with Crippen molar-refractivity contribution in [3.8, 4) is 0 Å². The van der Waals surface area contributed by atoms with E-state index in [1.54, 1.807) is 32.7 Å². The molecule has 0 spiro atoms. The average molecular weight is 649 g/mol. The van der Waals surface area contributed by atoms with Crippen LogP contribution in [0.25, 0.3) is 0 Å². The maximum Gasteiger partial charge on any atom is 0.408 e. The lowest BCUT2D eigenvalue weighted by atomic mass is 10.2. The van der Waals surface area contributed by atoms with Crippen molar-refractivity contribution in [1.82, 2.24) is 10.6 Å². The molecule has 2 saturated carbocycles. The van der Waals surface area contributed by atoms with Crippen LogP contribution >= 0.6 is 15.0 Å². The molecule has 2 aliphatic rings. The van der Waals surface area contributed by atoms with Gasteiger partial charge in [-0.3, -0.25) is 9.13 Å². The first kappa shape index (κ1) is 35.3. The molecule has 6 atom stereocenters. The number of rotatable bonds is 14. The van der Waals surface area contributed by atoms with E-state index in [4.69, 9.17) is 18.5 Å². The first-order chi connectivity index (χ1) is 20.9. The molecule has 2 unspecified atom stereocenters. The predicted octanol–water partition coefficient (Wildman–Crippen LogP) is 6.80. The van der Waals surface area contributed by atoms with E-state index in [2.05, 4.69) is 23.8 Å². The molecular weight excluding hydrogens is 606 g/mol. The van der Waals surface area contributed by atoms with Crippen LogP contribution in [0.3, 0.4) is 0 Å². The summed E-state index contributed by atoms with van der Waals surface area (Å²) in [5.41, 5.74) is 1.73. The first-order valence-corrected chi connectivity index (χ1v) is 18.0. The SMILES string of the molecule is C=C[C@@H]1C[C@]1(NC(=O)OCc1ccccc1)P(=O)(O)OCC.C=C[C@@H]1C[C@]1(NC(=O)OCc1ccccc1)P(C)(=O)OCC. The van der Waals surface area contributed by atoms with Crippen molar-refractivity contribution in [2.45, 2.75) is 50.5 Å². The molecule has 2 aromatic rings. The Morgan fingerprint density at radius 3 is 1.61 bits per heavy atom. The van der Waals surface area contributed by atoms with Crippen LogP contribution in [-0.4, -0.2) is 47.5 Å². The molecule has 0 bridgehead atoms. The van der Waals surface area contributed by atoms with Gasteiger partial charge >= 0.3 is 19.8 Å². The van der Waals surface area contributed by atoms with Gasteiger partial charge in [0.2, 0.25) is 7.37 Å². The minimum absolute atomic E-state index is 0.0563. The van der Waals surface area contributed by atoms with Crippen molar-refractivity contribution in [1.29, 1.82) is 0 Å². The zero-order valence-corrected chi connectivity index (χ0v) is 27.1. The molecule has 0 aliphatic heterocycles. The molecular formula is C31H42N2O9P2. The number of nitrogens with one attached hydrogen (secondary N) is 2. The van der Waals surface area contributed by atoms with E-state index in [9.17, 15) is 23.6 Å². The largest absolute Gasteiger partial charge is 0.445 e. The minimum Gasteiger partial charge on any atom is -0.445 e. The molecule has 0 saturated heterocycles. The van der Waals surface area contributed by atoms with Gasteiger partial charge in [-0.2, -0.15) is 0 Å². The number of carbonyl (C=O) groups is 2. The number of alkyl carbamates (subject to hydrolysis) is 2. The fourth-order valence-corrected chi connectivity index (χ4v) is 8.90. The van der Waals surface area contributed by atoms with E-state index in [0.29, 0.717) is 19.4 Å². The van der Waals surface area contributed by atoms with Crippen LogP contribution in [0.15, 0.2) is 86.0 Å². The summed E-state index contributed by atoms with van der Waals surface area (Å²) in [7, 11) is -6.98. The van der Waals surface area contributed by atoms with E-state index in [0.717, 1.165) is 11.1 Å². The fraction of sp³-hybridized carbons (Fsp3) is 0.419. The van der Waals surface area contributed by atoms with Crippen molar-refractivity contribution in [2.75, 3.05) is 19.9 Å². The molecule has 4 rings (SSSR count). The molecule has 2 fully saturated rings. The highest BCUT2D eigenvalue weighted by atomic mass is 31.2. The Morgan fingerprint density at radius 2 is 1.23 bits per heavy atom. The number of hydrogen-bond acceptors (Lipinski definition) is 8. The van der Waals surface area contributed by atoms with Crippen LogP contribution in [0.1, 0.15) is 37.8 Å². The third-order valence-electron chi connectivity index (χ3n) is 7.51. The summed E-state index contributed by atoms with van der Waals surface area (Å²) in [6.45, 7) is 13.0. The Kier molecular flexibility index (Phi) is 12.2. The van der Waals surface area contributed by atoms with Gasteiger partial charge < -0.3 is 34.0 Å². The molecule has 3 N–H and O–H groups in total. The van der Waals surface area contributed by atoms with Crippen molar-refractivity contribution >= 4 is 27.2 Å². The van der Waals surface area contributed by atoms with Crippen LogP contribution in [0.5, 0.6) is 0 Å². The summed E-state index contributed by atoms with van der Waals surface area (Å²) in [4.78, 5) is 34.0. The van der Waals surface area contributed by atoms with Gasteiger partial charge in [-0.25, -0.2) is 9.59 Å². The first-order valence-electron chi connectivity index (χ1n) is 14.3. The van der Waals surface area contributed by atoms with E-state index < -0.39 is 37.7 Å². The number of hydrogen-bond donors (Lipinski definition) is 3. The Morgan fingerprint density at radius 1 is 0.818 bits per heavy atom. The standard InChI is InChI=1S/C16H22NO4P.C15H20NO5P/c1-4-14-11-16(14,22(3,19)21-5-2)17-15(18)20-12-13-9-7-6-8-10-13;1-3-13-10-15(13,22(18,19)21-4-2)16-14(17)20-11-12-8-6-5-7-9-12/h4,6-10,14H,1,5,11-12H2,2-3H3,(H,17,18);3,5-9,13H,1,4,10-11H2,2H3,(H,16,17)(H,18,19)/t14-,16+,22?;13-,15+/m11/s1. The average Bonchev–Trinajstić information content (AvgIpc) is 3.91. The summed E-state index contributed by atoms with van der Waals surface area (Å²) in [6.07, 6.45) is 2.78. The molecule has 240 valence electrons. The lowest BCUT2D eigenvalue weighted by molar-refractivity contribution is 0.134. The Labute approximate surface area is 259 Å². The van der Waals surface area contributed by atoms with Gasteiger partial charge in [0.1, 0.15) is 18.5 Å². The van der Waals surface area contributed by atoms with Gasteiger partial charge in [0, 0.05) is 18.5 Å². The van der Waals surface area contributed by atoms with Crippen LogP contribution in [0.4, 0.5) is 9.59 Å². The lowest BCUT2D eigenvalue weighted by Gasteiger charge is -2.25. The van der Waals surface area contributed by atoms with Gasteiger partial charge in [0.05, 0.1) is 13.2 Å². The van der Waals surface area contributed by atoms with Gasteiger partial charge in [-0.1, -0.05) is 72.8 Å². The van der Waals surface area contributed by atoms with E-state index in [1.807, 2.05) is 60.7 Å². The monoisotopic (exact) mass is 648 g/mol. The second-order valence-corrected chi connectivity index (χ2v) is 15.4. The summed E-state index contributed by atoms with van der Waals surface area (Å²) in [5, 5.41) is 3.04. The molecule has 0 aromatic heterocycles. The van der Waals surface area contributed by atoms with Crippen molar-refractivity contribution in [2.24, 2.45) is 11.8 Å². The van der Waals surface area contributed by atoms with E-state index in [1.165, 1.54) is 0 Å². The van der Waals surface area contributed by atoms with Crippen molar-refractivity contribution in [3.63, 3.8) is 0 Å². The Bertz CT molecular complexity index is 1290. The molecule has 2 amide bonds. The van der Waals surface area contributed by atoms with Crippen LogP contribution in [-0.2, 0) is 40.9 Å². The quantitative estimate of drug-likeness (QED) is 0.149. The van der Waals surface area contributed by atoms with Gasteiger partial charge in [0.15, 0.2) is 5.28 Å². The second-order valence-electron chi connectivity index (χ2n) is 10.5. The minimum atomic E-state index is -3.99. The highest BCUT2D eigenvalue weighted by molar-refractivity contribution is 7.60. The third-order valence-corrected chi connectivity index (χ3v) is 12.6. The summed E-state index contributed by atoms with van der Waals surface area (Å²) < 4.78 is 45.7. The van der Waals surface area contributed by atoms with Crippen LogP contribution in [0, 0.1) is 11.8 Å². The van der Waals surface area contributed by atoms with Crippen molar-refractivity contribution in [3.05, 3.63) is 97.1 Å². The normalized spacial score (nSPS) is 25.8. The van der Waals surface area contributed by atoms with E-state index >= 15 is 0 Å². The van der Waals surface area contributed by atoms with Crippen molar-refractivity contribution < 1.29 is 42.1 Å². The number of benzene rings is 2. The molecule has 0 radical (unpaired) electrons. The van der Waals surface area contributed by atoms with Gasteiger partial charge in [0.25, 0.3) is 0 Å². The third kappa shape index (κ3) is 8.49. The topological polar surface area (TPSA) is 149 Å². The molecule has 44 heavy (non-hydrogen) atoms. The van der Waals surface area contributed by atoms with Crippen LogP contribution in [0.2, 0.25) is 0 Å². The van der Waals surface area contributed by atoms with E-state index in [-0.39, 0.29) is 31.7 Å². The summed E-state index contributed by atoms with van der Waals surface area (Å²) in [6, 6.07) is 18.6. The zero-order chi connectivity index (χ0) is 32.4. The fourth-order valence-electron chi connectivity index (χ4n) is 4.88. The van der Waals surface area contributed by atoms with Gasteiger partial charge in [-0.05, 0) is 37.8 Å². The highest BCUT2D eigenvalue weighted by Gasteiger charge is 2.67. The maximum absolute atomic E-state index is 12.7. The smallest absolute Gasteiger partial charge is 0.408 e.